The van der Waals surface area contributed by atoms with Crippen LogP contribution in [-0.4, -0.2) is 50.0 Å². The molecule has 0 fully saturated rings. The highest BCUT2D eigenvalue weighted by Gasteiger charge is 2.43. The highest BCUT2D eigenvalue weighted by atomic mass is 32.2. The van der Waals surface area contributed by atoms with Crippen LogP contribution in [0.25, 0.3) is 0 Å². The maximum atomic E-state index is 15.1. The van der Waals surface area contributed by atoms with Crippen LogP contribution in [0.1, 0.15) is 29.5 Å². The van der Waals surface area contributed by atoms with Gasteiger partial charge in [0.05, 0.1) is 19.5 Å². The molecule has 1 N–H and O–H groups in total. The zero-order chi connectivity index (χ0) is 27.6. The summed E-state index contributed by atoms with van der Waals surface area (Å²) in [5, 5.41) is 0. The fourth-order valence-corrected chi connectivity index (χ4v) is 6.78. The van der Waals surface area contributed by atoms with Crippen LogP contribution in [0, 0.1) is 5.82 Å². The van der Waals surface area contributed by atoms with Gasteiger partial charge in [0.2, 0.25) is 10.0 Å². The third kappa shape index (κ3) is 8.52. The molecule has 3 rings (SSSR count). The summed E-state index contributed by atoms with van der Waals surface area (Å²) < 4.78 is 69.9. The van der Waals surface area contributed by atoms with Crippen LogP contribution in [-0.2, 0) is 44.8 Å². The van der Waals surface area contributed by atoms with Crippen molar-refractivity contribution in [2.75, 3.05) is 32.8 Å². The van der Waals surface area contributed by atoms with Crippen molar-refractivity contribution in [2.24, 2.45) is 0 Å². The third-order valence-corrected chi connectivity index (χ3v) is 8.81. The summed E-state index contributed by atoms with van der Waals surface area (Å²) in [7, 11) is -0.886. The minimum atomic E-state index is -3.93. The monoisotopic (exact) mass is 562 g/mol. The smallest absolute Gasteiger partial charge is 0.216 e. The summed E-state index contributed by atoms with van der Waals surface area (Å²) in [6, 6.07) is 22.8. The van der Waals surface area contributed by atoms with Crippen LogP contribution in [0.3, 0.4) is 0 Å². The molecule has 0 saturated heterocycles. The fraction of sp³-hybridized carbons (Fsp3) is 0.357. The summed E-state index contributed by atoms with van der Waals surface area (Å²) >= 11 is -1.62. The van der Waals surface area contributed by atoms with Crippen molar-refractivity contribution in [3.8, 4) is 5.75 Å². The molecule has 7 nitrogen and oxygen atoms in total. The number of nitrogens with zero attached hydrogens (tertiary/aromatic N) is 1. The summed E-state index contributed by atoms with van der Waals surface area (Å²) in [5.41, 5.74) is 0.506. The Bertz CT molecular complexity index is 1240. The first-order valence-electron chi connectivity index (χ1n) is 12.2. The lowest BCUT2D eigenvalue weighted by Gasteiger charge is -2.35. The van der Waals surface area contributed by atoms with E-state index in [4.69, 9.17) is 9.47 Å². The van der Waals surface area contributed by atoms with Gasteiger partial charge in [0, 0.05) is 37.1 Å². The van der Waals surface area contributed by atoms with E-state index in [0.717, 1.165) is 11.1 Å². The molecule has 0 aliphatic rings. The molecule has 0 radical (unpaired) electrons. The molecule has 2 atom stereocenters. The minimum Gasteiger partial charge on any atom is -0.598 e. The normalized spacial score (nSPS) is 14.3. The average molecular weight is 563 g/mol. The van der Waals surface area contributed by atoms with Gasteiger partial charge < -0.3 is 14.0 Å². The maximum Gasteiger partial charge on any atom is 0.216 e. The summed E-state index contributed by atoms with van der Waals surface area (Å²) in [5.74, 6) is -0.378. The lowest BCUT2D eigenvalue weighted by molar-refractivity contribution is 0.111. The minimum absolute atomic E-state index is 0.120. The van der Waals surface area contributed by atoms with Crippen LogP contribution >= 0.6 is 0 Å². The van der Waals surface area contributed by atoms with E-state index in [9.17, 15) is 13.0 Å². The molecule has 0 aliphatic carbocycles. The second kappa shape index (κ2) is 14.1. The van der Waals surface area contributed by atoms with Crippen LogP contribution in [0.15, 0.2) is 78.9 Å². The molecule has 3 aromatic rings. The molecule has 0 bridgehead atoms. The summed E-state index contributed by atoms with van der Waals surface area (Å²) in [6.07, 6.45) is 2.02. The van der Waals surface area contributed by atoms with E-state index >= 15 is 4.39 Å². The Morgan fingerprint density at radius 3 is 2.29 bits per heavy atom. The maximum absolute atomic E-state index is 15.1. The standard InChI is InChI=1S/C28H35FN2O5S2/c1-31(20-23-14-16-25(35-2)17-15-23)38(33,34)22-28(30-37(3)32,26-12-7-8-13-27(26)29)18-9-19-36-21-24-10-5-4-6-11-24/h4-8,10-17,30H,9,18-22H2,1-3H3. The third-order valence-electron chi connectivity index (χ3n) is 6.20. The lowest BCUT2D eigenvalue weighted by Crippen LogP contribution is -2.52. The number of benzene rings is 3. The van der Waals surface area contributed by atoms with E-state index < -0.39 is 38.5 Å². The molecule has 38 heavy (non-hydrogen) atoms. The van der Waals surface area contributed by atoms with Gasteiger partial charge in [0.1, 0.15) is 23.4 Å². The Morgan fingerprint density at radius 1 is 1.00 bits per heavy atom. The zero-order valence-electron chi connectivity index (χ0n) is 21.9. The fourth-order valence-electron chi connectivity index (χ4n) is 4.29. The molecule has 0 saturated carbocycles. The SMILES string of the molecule is COc1ccc(CN(C)S(=O)(=O)CC(CCCOCc2ccccc2)(N[S+](C)[O-])c2ccccc2F)cc1. The van der Waals surface area contributed by atoms with Gasteiger partial charge in [-0.05, 0) is 42.2 Å². The molecule has 0 aliphatic heterocycles. The summed E-state index contributed by atoms with van der Waals surface area (Å²) in [6.45, 7) is 0.851. The molecule has 10 heteroatoms. The molecule has 206 valence electrons. The van der Waals surface area contributed by atoms with Gasteiger partial charge in [-0.1, -0.05) is 60.7 Å². The Hall–Kier alpha value is -2.47. The number of halogens is 1. The van der Waals surface area contributed by atoms with E-state index in [1.54, 1.807) is 49.6 Å². The van der Waals surface area contributed by atoms with Crippen molar-refractivity contribution >= 4 is 21.4 Å². The van der Waals surface area contributed by atoms with E-state index in [-0.39, 0.29) is 18.5 Å². The van der Waals surface area contributed by atoms with Crippen molar-refractivity contribution in [1.29, 1.82) is 0 Å². The van der Waals surface area contributed by atoms with Gasteiger partial charge >= 0.3 is 0 Å². The largest absolute Gasteiger partial charge is 0.598 e. The van der Waals surface area contributed by atoms with Gasteiger partial charge in [0.25, 0.3) is 0 Å². The average Bonchev–Trinajstić information content (AvgIpc) is 2.89. The molecule has 0 heterocycles. The topological polar surface area (TPSA) is 90.9 Å². The first-order chi connectivity index (χ1) is 18.1. The number of hydrogen-bond donors (Lipinski definition) is 1. The Morgan fingerprint density at radius 2 is 1.66 bits per heavy atom. The van der Waals surface area contributed by atoms with Crippen LogP contribution in [0.4, 0.5) is 4.39 Å². The Balaban J connectivity index is 1.82. The lowest BCUT2D eigenvalue weighted by atomic mass is 9.88. The molecular weight excluding hydrogens is 527 g/mol. The molecular formula is C28H35FN2O5S2. The van der Waals surface area contributed by atoms with E-state index in [2.05, 4.69) is 4.72 Å². The number of sulfonamides is 1. The zero-order valence-corrected chi connectivity index (χ0v) is 23.6. The highest BCUT2D eigenvalue weighted by molar-refractivity contribution is 7.89. The van der Waals surface area contributed by atoms with Crippen molar-refractivity contribution in [3.63, 3.8) is 0 Å². The molecule has 3 aromatic carbocycles. The predicted octanol–water partition coefficient (Wildman–Crippen LogP) is 4.37. The Labute approximate surface area is 228 Å². The second-order valence-electron chi connectivity index (χ2n) is 9.12. The highest BCUT2D eigenvalue weighted by Crippen LogP contribution is 2.33. The van der Waals surface area contributed by atoms with Gasteiger partial charge in [-0.3, -0.25) is 0 Å². The van der Waals surface area contributed by atoms with Crippen molar-refractivity contribution in [2.45, 2.75) is 31.5 Å². The molecule has 0 spiro atoms. The van der Waals surface area contributed by atoms with E-state index in [1.165, 1.54) is 23.7 Å². The van der Waals surface area contributed by atoms with Crippen LogP contribution in [0.2, 0.25) is 0 Å². The van der Waals surface area contributed by atoms with E-state index in [0.29, 0.717) is 25.4 Å². The number of nitrogens with one attached hydrogen (secondary N) is 1. The summed E-state index contributed by atoms with van der Waals surface area (Å²) in [4.78, 5) is 0. The van der Waals surface area contributed by atoms with Gasteiger partial charge in [-0.15, -0.1) is 4.72 Å². The van der Waals surface area contributed by atoms with Gasteiger partial charge in [-0.25, -0.2) is 17.1 Å². The molecule has 2 unspecified atom stereocenters. The second-order valence-corrected chi connectivity index (χ2v) is 12.3. The van der Waals surface area contributed by atoms with Crippen LogP contribution in [0.5, 0.6) is 5.75 Å². The predicted molar refractivity (Wildman–Crippen MR) is 149 cm³/mol. The van der Waals surface area contributed by atoms with Gasteiger partial charge in [-0.2, -0.15) is 0 Å². The number of ether oxygens (including phenoxy) is 2. The van der Waals surface area contributed by atoms with Crippen molar-refractivity contribution in [3.05, 3.63) is 101 Å². The number of hydrogen-bond acceptors (Lipinski definition) is 6. The van der Waals surface area contributed by atoms with Gasteiger partial charge in [0.15, 0.2) is 0 Å². The molecule has 0 amide bonds. The Kier molecular flexibility index (Phi) is 11.1. The van der Waals surface area contributed by atoms with E-state index in [1.807, 2.05) is 30.3 Å². The number of rotatable bonds is 15. The first-order valence-corrected chi connectivity index (χ1v) is 15.4. The first kappa shape index (κ1) is 30.1. The number of methoxy groups -OCH3 is 1. The molecule has 0 aromatic heterocycles. The van der Waals surface area contributed by atoms with Crippen molar-refractivity contribution in [1.82, 2.24) is 9.03 Å². The quantitative estimate of drug-likeness (QED) is 0.219. The van der Waals surface area contributed by atoms with Crippen molar-refractivity contribution < 1.29 is 26.8 Å². The van der Waals surface area contributed by atoms with Crippen LogP contribution < -0.4 is 9.46 Å².